The quantitative estimate of drug-likeness (QED) is 0.755. The van der Waals surface area contributed by atoms with Crippen LogP contribution in [0.1, 0.15) is 31.7 Å². The number of hydrogen-bond acceptors (Lipinski definition) is 5. The predicted octanol–water partition coefficient (Wildman–Crippen LogP) is 3.11. The molecule has 2 rings (SSSR count). The molecule has 0 saturated heterocycles. The van der Waals surface area contributed by atoms with E-state index in [1.165, 1.54) is 18.4 Å². The Balaban J connectivity index is 1.93. The fraction of sp³-hybridized carbons (Fsp3) is 0.438. The number of aromatic nitrogens is 3. The molecule has 2 aromatic rings. The molecule has 0 atom stereocenters. The number of unbranched alkanes of at least 4 members (excludes halogenated alkanes) is 2. The van der Waals surface area contributed by atoms with Crippen molar-refractivity contribution in [2.75, 3.05) is 23.8 Å². The minimum atomic E-state index is 0.638. The van der Waals surface area contributed by atoms with Crippen molar-refractivity contribution in [3.8, 4) is 0 Å². The molecule has 0 radical (unpaired) electrons. The van der Waals surface area contributed by atoms with Gasteiger partial charge < -0.3 is 10.2 Å². The van der Waals surface area contributed by atoms with Crippen molar-refractivity contribution >= 4 is 11.8 Å². The highest BCUT2D eigenvalue weighted by Gasteiger charge is 2.07. The summed E-state index contributed by atoms with van der Waals surface area (Å²) in [5.74, 6) is 1.43. The standard InChI is InChI=1S/C16H23N5/c1-3-4-8-11-17-15-12-18-20-16(19-15)21(2)13-14-9-6-5-7-10-14/h5-7,9-10,12H,3-4,8,11,13H2,1-2H3,(H,17,19,20). The number of rotatable bonds is 8. The maximum absolute atomic E-state index is 4.51. The fourth-order valence-corrected chi connectivity index (χ4v) is 2.06. The van der Waals surface area contributed by atoms with Gasteiger partial charge in [-0.15, -0.1) is 5.10 Å². The van der Waals surface area contributed by atoms with Crippen LogP contribution in [-0.4, -0.2) is 28.8 Å². The number of nitrogens with one attached hydrogen (secondary N) is 1. The van der Waals surface area contributed by atoms with E-state index in [4.69, 9.17) is 0 Å². The molecule has 1 aromatic carbocycles. The zero-order valence-electron chi connectivity index (χ0n) is 12.8. The smallest absolute Gasteiger partial charge is 0.247 e. The van der Waals surface area contributed by atoms with Crippen LogP contribution in [0, 0.1) is 0 Å². The molecule has 1 N–H and O–H groups in total. The van der Waals surface area contributed by atoms with E-state index in [0.29, 0.717) is 5.95 Å². The summed E-state index contributed by atoms with van der Waals surface area (Å²) in [4.78, 5) is 6.51. The summed E-state index contributed by atoms with van der Waals surface area (Å²) in [7, 11) is 1.98. The molecule has 0 aliphatic carbocycles. The van der Waals surface area contributed by atoms with Crippen LogP contribution in [0.15, 0.2) is 36.5 Å². The molecule has 1 heterocycles. The normalized spacial score (nSPS) is 10.4. The molecule has 0 saturated carbocycles. The highest BCUT2D eigenvalue weighted by molar-refractivity contribution is 5.38. The van der Waals surface area contributed by atoms with E-state index in [-0.39, 0.29) is 0 Å². The van der Waals surface area contributed by atoms with Gasteiger partial charge in [0.25, 0.3) is 0 Å². The largest absolute Gasteiger partial charge is 0.369 e. The number of hydrogen-bond donors (Lipinski definition) is 1. The van der Waals surface area contributed by atoms with Gasteiger partial charge in [0.1, 0.15) is 0 Å². The van der Waals surface area contributed by atoms with E-state index in [1.54, 1.807) is 6.20 Å². The molecular weight excluding hydrogens is 262 g/mol. The second-order valence-electron chi connectivity index (χ2n) is 5.12. The van der Waals surface area contributed by atoms with E-state index in [0.717, 1.165) is 25.3 Å². The molecule has 0 spiro atoms. The Labute approximate surface area is 126 Å². The van der Waals surface area contributed by atoms with Crippen LogP contribution in [0.5, 0.6) is 0 Å². The minimum absolute atomic E-state index is 0.638. The van der Waals surface area contributed by atoms with Crippen LogP contribution in [-0.2, 0) is 6.54 Å². The summed E-state index contributed by atoms with van der Waals surface area (Å²) in [6.07, 6.45) is 5.27. The summed E-state index contributed by atoms with van der Waals surface area (Å²) in [5.41, 5.74) is 1.23. The van der Waals surface area contributed by atoms with Crippen LogP contribution in [0.2, 0.25) is 0 Å². The van der Waals surface area contributed by atoms with E-state index < -0.39 is 0 Å². The maximum Gasteiger partial charge on any atom is 0.247 e. The topological polar surface area (TPSA) is 53.9 Å². The lowest BCUT2D eigenvalue weighted by atomic mass is 10.2. The first-order valence-electron chi connectivity index (χ1n) is 7.48. The molecule has 1 aromatic heterocycles. The van der Waals surface area contributed by atoms with Gasteiger partial charge in [-0.3, -0.25) is 0 Å². The Hall–Kier alpha value is -2.17. The molecule has 112 valence electrons. The van der Waals surface area contributed by atoms with Crippen LogP contribution in [0.3, 0.4) is 0 Å². The SMILES string of the molecule is CCCCCNc1cnnc(N(C)Cc2ccccc2)n1. The van der Waals surface area contributed by atoms with Gasteiger partial charge in [0.05, 0.1) is 6.20 Å². The third-order valence-corrected chi connectivity index (χ3v) is 3.24. The van der Waals surface area contributed by atoms with E-state index in [2.05, 4.69) is 39.6 Å². The molecular formula is C16H23N5. The van der Waals surface area contributed by atoms with Crippen molar-refractivity contribution in [3.63, 3.8) is 0 Å². The number of benzene rings is 1. The van der Waals surface area contributed by atoms with Crippen LogP contribution in [0.4, 0.5) is 11.8 Å². The predicted molar refractivity (Wildman–Crippen MR) is 86.4 cm³/mol. The molecule has 0 aliphatic rings. The summed E-state index contributed by atoms with van der Waals surface area (Å²) < 4.78 is 0. The molecule has 5 nitrogen and oxygen atoms in total. The summed E-state index contributed by atoms with van der Waals surface area (Å²) in [6.45, 7) is 3.89. The summed E-state index contributed by atoms with van der Waals surface area (Å²) >= 11 is 0. The van der Waals surface area contributed by atoms with Crippen molar-refractivity contribution < 1.29 is 0 Å². The average Bonchev–Trinajstić information content (AvgIpc) is 2.53. The zero-order valence-corrected chi connectivity index (χ0v) is 12.8. The van der Waals surface area contributed by atoms with Gasteiger partial charge >= 0.3 is 0 Å². The summed E-state index contributed by atoms with van der Waals surface area (Å²) in [5, 5.41) is 11.4. The highest BCUT2D eigenvalue weighted by Crippen LogP contribution is 2.11. The Morgan fingerprint density at radius 3 is 2.71 bits per heavy atom. The second kappa shape index (κ2) is 8.19. The van der Waals surface area contributed by atoms with Gasteiger partial charge in [-0.1, -0.05) is 50.1 Å². The van der Waals surface area contributed by atoms with Gasteiger partial charge in [-0.25, -0.2) is 0 Å². The average molecular weight is 285 g/mol. The number of anilines is 2. The molecule has 5 heteroatoms. The molecule has 0 amide bonds. The lowest BCUT2D eigenvalue weighted by Crippen LogP contribution is -2.20. The third-order valence-electron chi connectivity index (χ3n) is 3.24. The lowest BCUT2D eigenvalue weighted by Gasteiger charge is -2.17. The lowest BCUT2D eigenvalue weighted by molar-refractivity contribution is 0.740. The molecule has 0 bridgehead atoms. The van der Waals surface area contributed by atoms with Crippen molar-refractivity contribution in [2.45, 2.75) is 32.7 Å². The molecule has 0 fully saturated rings. The zero-order chi connectivity index (χ0) is 14.9. The van der Waals surface area contributed by atoms with Gasteiger partial charge in [-0.2, -0.15) is 10.1 Å². The first-order valence-corrected chi connectivity index (χ1v) is 7.48. The van der Waals surface area contributed by atoms with Gasteiger partial charge in [0.15, 0.2) is 5.82 Å². The van der Waals surface area contributed by atoms with Crippen molar-refractivity contribution in [3.05, 3.63) is 42.1 Å². The van der Waals surface area contributed by atoms with Crippen LogP contribution < -0.4 is 10.2 Å². The Kier molecular flexibility index (Phi) is 5.94. The Morgan fingerprint density at radius 1 is 1.14 bits per heavy atom. The Morgan fingerprint density at radius 2 is 1.95 bits per heavy atom. The monoisotopic (exact) mass is 285 g/mol. The van der Waals surface area contributed by atoms with E-state index in [1.807, 2.05) is 30.1 Å². The van der Waals surface area contributed by atoms with Crippen molar-refractivity contribution in [1.29, 1.82) is 0 Å². The van der Waals surface area contributed by atoms with Gasteiger partial charge in [0, 0.05) is 20.1 Å². The van der Waals surface area contributed by atoms with Gasteiger partial charge in [0.2, 0.25) is 5.95 Å². The number of nitrogens with zero attached hydrogens (tertiary/aromatic N) is 4. The summed E-state index contributed by atoms with van der Waals surface area (Å²) in [6, 6.07) is 10.3. The third kappa shape index (κ3) is 5.02. The molecule has 0 unspecified atom stereocenters. The van der Waals surface area contributed by atoms with Crippen molar-refractivity contribution in [2.24, 2.45) is 0 Å². The minimum Gasteiger partial charge on any atom is -0.369 e. The molecule has 0 aliphatic heterocycles. The van der Waals surface area contributed by atoms with Crippen LogP contribution in [0.25, 0.3) is 0 Å². The second-order valence-corrected chi connectivity index (χ2v) is 5.12. The first kappa shape index (κ1) is 15.2. The fourth-order valence-electron chi connectivity index (χ4n) is 2.06. The maximum atomic E-state index is 4.51. The molecule has 21 heavy (non-hydrogen) atoms. The van der Waals surface area contributed by atoms with E-state index in [9.17, 15) is 0 Å². The van der Waals surface area contributed by atoms with Crippen molar-refractivity contribution in [1.82, 2.24) is 15.2 Å². The highest BCUT2D eigenvalue weighted by atomic mass is 15.3. The Bertz CT molecular complexity index is 529. The van der Waals surface area contributed by atoms with E-state index >= 15 is 0 Å². The first-order chi connectivity index (χ1) is 10.3. The van der Waals surface area contributed by atoms with Crippen LogP contribution >= 0.6 is 0 Å². The van der Waals surface area contributed by atoms with Gasteiger partial charge in [-0.05, 0) is 12.0 Å².